The molecule has 1 saturated heterocycles. The van der Waals surface area contributed by atoms with Crippen LogP contribution in [0.25, 0.3) is 0 Å². The molecule has 0 aliphatic carbocycles. The van der Waals surface area contributed by atoms with Gasteiger partial charge in [0.25, 0.3) is 5.91 Å². The van der Waals surface area contributed by atoms with Crippen LogP contribution in [-0.4, -0.2) is 46.5 Å². The molecule has 3 rings (SSSR count). The third kappa shape index (κ3) is 4.35. The Balaban J connectivity index is 1.59. The van der Waals surface area contributed by atoms with Crippen LogP contribution in [0.5, 0.6) is 0 Å². The molecule has 25 heavy (non-hydrogen) atoms. The molecular formula is C19H23N5O. The zero-order chi connectivity index (χ0) is 17.5. The highest BCUT2D eigenvalue weighted by molar-refractivity contribution is 5.99. The van der Waals surface area contributed by atoms with Gasteiger partial charge in [0.15, 0.2) is 0 Å². The molecule has 2 aromatic rings. The van der Waals surface area contributed by atoms with Crippen molar-refractivity contribution in [2.45, 2.75) is 18.9 Å². The summed E-state index contributed by atoms with van der Waals surface area (Å²) >= 11 is 0. The molecule has 1 aromatic carbocycles. The Morgan fingerprint density at radius 3 is 2.64 bits per heavy atom. The molecule has 1 aliphatic rings. The average molecular weight is 337 g/mol. The number of carbonyl (C=O) groups is 1. The Bertz CT molecular complexity index is 711. The smallest absolute Gasteiger partial charge is 0.255 e. The number of rotatable bonds is 6. The van der Waals surface area contributed by atoms with Crippen LogP contribution in [0.3, 0.4) is 0 Å². The lowest BCUT2D eigenvalue weighted by Crippen LogP contribution is -2.42. The molecule has 0 atom stereocenters. The lowest BCUT2D eigenvalue weighted by Gasteiger charge is -2.32. The van der Waals surface area contributed by atoms with Gasteiger partial charge in [-0.25, -0.2) is 9.97 Å². The molecule has 0 radical (unpaired) electrons. The first kappa shape index (κ1) is 17.0. The lowest BCUT2D eigenvalue weighted by molar-refractivity contribution is 0.0719. The van der Waals surface area contributed by atoms with E-state index in [0.29, 0.717) is 24.1 Å². The number of para-hydroxylation sites is 1. The van der Waals surface area contributed by atoms with Gasteiger partial charge in [0.2, 0.25) is 5.95 Å². The SMILES string of the molecule is C=CCNc1ccccc1C(=O)N1CCC(Nc2ncccn2)CC1. The Morgan fingerprint density at radius 2 is 1.92 bits per heavy atom. The molecule has 0 saturated carbocycles. The van der Waals surface area contributed by atoms with E-state index < -0.39 is 0 Å². The van der Waals surface area contributed by atoms with Crippen LogP contribution in [-0.2, 0) is 0 Å². The van der Waals surface area contributed by atoms with Gasteiger partial charge in [-0.2, -0.15) is 0 Å². The van der Waals surface area contributed by atoms with Crippen molar-refractivity contribution in [3.05, 3.63) is 60.9 Å². The van der Waals surface area contributed by atoms with Crippen molar-refractivity contribution in [3.8, 4) is 0 Å². The number of carbonyl (C=O) groups excluding carboxylic acids is 1. The van der Waals surface area contributed by atoms with Crippen molar-refractivity contribution in [1.82, 2.24) is 14.9 Å². The van der Waals surface area contributed by atoms with Crippen molar-refractivity contribution in [1.29, 1.82) is 0 Å². The van der Waals surface area contributed by atoms with E-state index in [1.54, 1.807) is 24.5 Å². The van der Waals surface area contributed by atoms with Gasteiger partial charge < -0.3 is 15.5 Å². The van der Waals surface area contributed by atoms with Crippen LogP contribution in [0.15, 0.2) is 55.4 Å². The second kappa shape index (κ2) is 8.28. The zero-order valence-corrected chi connectivity index (χ0v) is 14.2. The van der Waals surface area contributed by atoms with E-state index in [1.165, 1.54) is 0 Å². The highest BCUT2D eigenvalue weighted by Gasteiger charge is 2.25. The van der Waals surface area contributed by atoms with E-state index in [4.69, 9.17) is 0 Å². The van der Waals surface area contributed by atoms with E-state index >= 15 is 0 Å². The van der Waals surface area contributed by atoms with Gasteiger partial charge in [-0.15, -0.1) is 6.58 Å². The molecule has 1 aromatic heterocycles. The number of benzene rings is 1. The van der Waals surface area contributed by atoms with Gasteiger partial charge in [-0.3, -0.25) is 4.79 Å². The summed E-state index contributed by atoms with van der Waals surface area (Å²) in [5, 5.41) is 6.57. The van der Waals surface area contributed by atoms with Crippen LogP contribution in [0, 0.1) is 0 Å². The largest absolute Gasteiger partial charge is 0.381 e. The van der Waals surface area contributed by atoms with Gasteiger partial charge in [0.05, 0.1) is 5.56 Å². The summed E-state index contributed by atoms with van der Waals surface area (Å²) in [6, 6.07) is 9.71. The minimum atomic E-state index is 0.0709. The molecular weight excluding hydrogens is 314 g/mol. The van der Waals surface area contributed by atoms with E-state index in [2.05, 4.69) is 27.2 Å². The molecule has 6 heteroatoms. The number of piperidine rings is 1. The van der Waals surface area contributed by atoms with E-state index in [1.807, 2.05) is 29.2 Å². The summed E-state index contributed by atoms with van der Waals surface area (Å²) in [6.07, 6.45) is 6.99. The first-order chi connectivity index (χ1) is 12.3. The normalized spacial score (nSPS) is 14.8. The number of nitrogens with one attached hydrogen (secondary N) is 2. The fourth-order valence-corrected chi connectivity index (χ4v) is 2.96. The van der Waals surface area contributed by atoms with Crippen molar-refractivity contribution >= 4 is 17.5 Å². The second-order valence-electron chi connectivity index (χ2n) is 6.00. The highest BCUT2D eigenvalue weighted by atomic mass is 16.2. The maximum Gasteiger partial charge on any atom is 0.255 e. The topological polar surface area (TPSA) is 70.2 Å². The molecule has 2 N–H and O–H groups in total. The Kier molecular flexibility index (Phi) is 5.61. The van der Waals surface area contributed by atoms with Gasteiger partial charge >= 0.3 is 0 Å². The van der Waals surface area contributed by atoms with Crippen LogP contribution in [0.1, 0.15) is 23.2 Å². The molecule has 0 spiro atoms. The molecule has 0 bridgehead atoms. The molecule has 1 aliphatic heterocycles. The number of likely N-dealkylation sites (tertiary alicyclic amines) is 1. The summed E-state index contributed by atoms with van der Waals surface area (Å²) in [7, 11) is 0. The molecule has 130 valence electrons. The Labute approximate surface area is 148 Å². The van der Waals surface area contributed by atoms with Crippen molar-refractivity contribution in [2.24, 2.45) is 0 Å². The molecule has 1 amide bonds. The number of hydrogen-bond donors (Lipinski definition) is 2. The number of aromatic nitrogens is 2. The van der Waals surface area contributed by atoms with Crippen LogP contribution >= 0.6 is 0 Å². The molecule has 2 heterocycles. The Morgan fingerprint density at radius 1 is 1.20 bits per heavy atom. The summed E-state index contributed by atoms with van der Waals surface area (Å²) in [5.74, 6) is 0.716. The fourth-order valence-electron chi connectivity index (χ4n) is 2.96. The number of nitrogens with zero attached hydrogens (tertiary/aromatic N) is 3. The number of hydrogen-bond acceptors (Lipinski definition) is 5. The number of anilines is 2. The fraction of sp³-hybridized carbons (Fsp3) is 0.316. The van der Waals surface area contributed by atoms with Gasteiger partial charge in [-0.1, -0.05) is 18.2 Å². The summed E-state index contributed by atoms with van der Waals surface area (Å²) in [6.45, 7) is 5.78. The van der Waals surface area contributed by atoms with Crippen LogP contribution < -0.4 is 10.6 Å². The van der Waals surface area contributed by atoms with E-state index in [-0.39, 0.29) is 5.91 Å². The summed E-state index contributed by atoms with van der Waals surface area (Å²) in [5.41, 5.74) is 1.56. The van der Waals surface area contributed by atoms with Gasteiger partial charge in [-0.05, 0) is 31.0 Å². The quantitative estimate of drug-likeness (QED) is 0.793. The predicted molar refractivity (Wildman–Crippen MR) is 99.7 cm³/mol. The van der Waals surface area contributed by atoms with E-state index in [9.17, 15) is 4.79 Å². The van der Waals surface area contributed by atoms with Crippen molar-refractivity contribution < 1.29 is 4.79 Å². The molecule has 1 fully saturated rings. The van der Waals surface area contributed by atoms with Crippen molar-refractivity contribution in [2.75, 3.05) is 30.3 Å². The number of amides is 1. The van der Waals surface area contributed by atoms with Crippen LogP contribution in [0.2, 0.25) is 0 Å². The van der Waals surface area contributed by atoms with Crippen LogP contribution in [0.4, 0.5) is 11.6 Å². The first-order valence-corrected chi connectivity index (χ1v) is 8.54. The highest BCUT2D eigenvalue weighted by Crippen LogP contribution is 2.21. The van der Waals surface area contributed by atoms with E-state index in [0.717, 1.165) is 31.6 Å². The lowest BCUT2D eigenvalue weighted by atomic mass is 10.0. The molecule has 0 unspecified atom stereocenters. The van der Waals surface area contributed by atoms with Gasteiger partial charge in [0, 0.05) is 43.8 Å². The average Bonchev–Trinajstić information content (AvgIpc) is 2.67. The standard InChI is InChI=1S/C19H23N5O/c1-2-10-20-17-7-4-3-6-16(17)18(25)24-13-8-15(9-14-24)23-19-21-11-5-12-22-19/h2-7,11-12,15,20H,1,8-10,13-14H2,(H,21,22,23). The summed E-state index contributed by atoms with van der Waals surface area (Å²) < 4.78 is 0. The Hall–Kier alpha value is -2.89. The molecule has 6 nitrogen and oxygen atoms in total. The minimum Gasteiger partial charge on any atom is -0.381 e. The monoisotopic (exact) mass is 337 g/mol. The third-order valence-electron chi connectivity index (χ3n) is 4.28. The maximum absolute atomic E-state index is 12.9. The van der Waals surface area contributed by atoms with Gasteiger partial charge in [0.1, 0.15) is 0 Å². The third-order valence-corrected chi connectivity index (χ3v) is 4.28. The summed E-state index contributed by atoms with van der Waals surface area (Å²) in [4.78, 5) is 23.2. The first-order valence-electron chi connectivity index (χ1n) is 8.54. The second-order valence-corrected chi connectivity index (χ2v) is 6.00. The minimum absolute atomic E-state index is 0.0709. The zero-order valence-electron chi connectivity index (χ0n) is 14.2. The predicted octanol–water partition coefficient (Wildman–Crippen LogP) is 2.79. The van der Waals surface area contributed by atoms with Crippen molar-refractivity contribution in [3.63, 3.8) is 0 Å². The maximum atomic E-state index is 12.9.